The predicted molar refractivity (Wildman–Crippen MR) is 75.8 cm³/mol. The highest BCUT2D eigenvalue weighted by Gasteiger charge is 2.10. The van der Waals surface area contributed by atoms with Crippen LogP contribution < -0.4 is 0 Å². The fourth-order valence-electron chi connectivity index (χ4n) is 1.94. The molecule has 0 atom stereocenters. The van der Waals surface area contributed by atoms with E-state index >= 15 is 0 Å². The fourth-order valence-corrected chi connectivity index (χ4v) is 3.27. The molecule has 2 heteroatoms. The lowest BCUT2D eigenvalue weighted by molar-refractivity contribution is -0.118. The molecule has 0 aliphatic heterocycles. The third kappa shape index (κ3) is 4.47. The van der Waals surface area contributed by atoms with Crippen molar-refractivity contribution in [1.29, 1.82) is 0 Å². The molecule has 17 heavy (non-hydrogen) atoms. The van der Waals surface area contributed by atoms with Crippen LogP contribution in [0, 0.1) is 0 Å². The quantitative estimate of drug-likeness (QED) is 0.627. The maximum Gasteiger partial charge on any atom is 0.138 e. The summed E-state index contributed by atoms with van der Waals surface area (Å²) in [5.74, 6) is 0.363. The van der Waals surface area contributed by atoms with E-state index in [4.69, 9.17) is 0 Å². The van der Waals surface area contributed by atoms with Crippen molar-refractivity contribution in [3.05, 3.63) is 34.0 Å². The molecule has 0 saturated carbocycles. The van der Waals surface area contributed by atoms with Gasteiger partial charge < -0.3 is 0 Å². The standard InChI is InChI=1S/C15H22OS/c1-4-7-12-10-14(11-13(16)8-5-2)17-15(12)9-6-3/h4,10H,1,5-9,11H2,2-3H3. The van der Waals surface area contributed by atoms with Crippen LogP contribution in [-0.2, 0) is 24.1 Å². The number of hydrogen-bond donors (Lipinski definition) is 0. The number of carbonyl (C=O) groups excluding carboxylic acids is 1. The van der Waals surface area contributed by atoms with E-state index in [1.165, 1.54) is 15.3 Å². The van der Waals surface area contributed by atoms with Crippen molar-refractivity contribution >= 4 is 17.1 Å². The van der Waals surface area contributed by atoms with Crippen LogP contribution in [-0.4, -0.2) is 5.78 Å². The van der Waals surface area contributed by atoms with E-state index in [9.17, 15) is 4.79 Å². The van der Waals surface area contributed by atoms with Crippen LogP contribution in [0.4, 0.5) is 0 Å². The molecule has 0 aliphatic rings. The summed E-state index contributed by atoms with van der Waals surface area (Å²) in [4.78, 5) is 14.3. The van der Waals surface area contributed by atoms with Crippen molar-refractivity contribution in [2.24, 2.45) is 0 Å². The molecule has 0 saturated heterocycles. The van der Waals surface area contributed by atoms with Gasteiger partial charge in [0.05, 0.1) is 0 Å². The van der Waals surface area contributed by atoms with Crippen molar-refractivity contribution in [2.45, 2.75) is 52.4 Å². The number of allylic oxidation sites excluding steroid dienone is 1. The molecule has 0 amide bonds. The van der Waals surface area contributed by atoms with Crippen LogP contribution in [0.15, 0.2) is 18.7 Å². The number of Topliss-reactive ketones (excluding diaryl/α,β-unsaturated/α-hetero) is 1. The second-order valence-electron chi connectivity index (χ2n) is 4.37. The molecule has 1 aromatic rings. The van der Waals surface area contributed by atoms with Gasteiger partial charge in [-0.1, -0.05) is 26.3 Å². The monoisotopic (exact) mass is 250 g/mol. The number of rotatable bonds is 8. The third-order valence-corrected chi connectivity index (χ3v) is 3.93. The number of aryl methyl sites for hydroxylation is 1. The van der Waals surface area contributed by atoms with Gasteiger partial charge >= 0.3 is 0 Å². The smallest absolute Gasteiger partial charge is 0.138 e. The summed E-state index contributed by atoms with van der Waals surface area (Å²) >= 11 is 1.81. The molecule has 1 rings (SSSR count). The molecule has 94 valence electrons. The molecular weight excluding hydrogens is 228 g/mol. The van der Waals surface area contributed by atoms with E-state index in [0.29, 0.717) is 18.6 Å². The van der Waals surface area contributed by atoms with Gasteiger partial charge in [0.15, 0.2) is 0 Å². The van der Waals surface area contributed by atoms with E-state index in [1.54, 1.807) is 0 Å². The molecule has 0 N–H and O–H groups in total. The summed E-state index contributed by atoms with van der Waals surface area (Å²) in [5.41, 5.74) is 1.37. The van der Waals surface area contributed by atoms with E-state index in [0.717, 1.165) is 25.7 Å². The van der Waals surface area contributed by atoms with Crippen LogP contribution in [0.25, 0.3) is 0 Å². The molecule has 0 spiro atoms. The Morgan fingerprint density at radius 1 is 1.41 bits per heavy atom. The lowest BCUT2D eigenvalue weighted by Gasteiger charge is -1.97. The molecule has 0 bridgehead atoms. The maximum absolute atomic E-state index is 11.6. The van der Waals surface area contributed by atoms with Crippen LogP contribution >= 0.6 is 11.3 Å². The van der Waals surface area contributed by atoms with Crippen LogP contribution in [0.1, 0.15) is 48.4 Å². The minimum absolute atomic E-state index is 0.363. The summed E-state index contributed by atoms with van der Waals surface area (Å²) < 4.78 is 0. The van der Waals surface area contributed by atoms with E-state index in [1.807, 2.05) is 17.4 Å². The largest absolute Gasteiger partial charge is 0.299 e. The van der Waals surface area contributed by atoms with Crippen molar-refractivity contribution in [1.82, 2.24) is 0 Å². The molecule has 0 fully saturated rings. The molecule has 1 aromatic heterocycles. The first-order chi connectivity index (χ1) is 8.21. The Hall–Kier alpha value is -0.890. The van der Waals surface area contributed by atoms with Gasteiger partial charge in [0.2, 0.25) is 0 Å². The first kappa shape index (κ1) is 14.2. The second kappa shape index (κ2) is 7.44. The Kier molecular flexibility index (Phi) is 6.20. The fraction of sp³-hybridized carbons (Fsp3) is 0.533. The van der Waals surface area contributed by atoms with Gasteiger partial charge in [-0.25, -0.2) is 0 Å². The molecular formula is C15H22OS. The van der Waals surface area contributed by atoms with Gasteiger partial charge in [-0.15, -0.1) is 17.9 Å². The average Bonchev–Trinajstić information content (AvgIpc) is 2.62. The van der Waals surface area contributed by atoms with Gasteiger partial charge in [-0.2, -0.15) is 0 Å². The van der Waals surface area contributed by atoms with Crippen molar-refractivity contribution in [3.8, 4) is 0 Å². The maximum atomic E-state index is 11.6. The Bertz CT molecular complexity index is 376. The average molecular weight is 250 g/mol. The van der Waals surface area contributed by atoms with Crippen LogP contribution in [0.5, 0.6) is 0 Å². The lowest BCUT2D eigenvalue weighted by atomic mass is 10.1. The van der Waals surface area contributed by atoms with Crippen LogP contribution in [0.3, 0.4) is 0 Å². The molecule has 0 radical (unpaired) electrons. The van der Waals surface area contributed by atoms with Gasteiger partial charge in [0, 0.05) is 22.6 Å². The van der Waals surface area contributed by atoms with Gasteiger partial charge in [-0.3, -0.25) is 4.79 Å². The summed E-state index contributed by atoms with van der Waals surface area (Å²) in [6.45, 7) is 8.04. The van der Waals surface area contributed by atoms with Crippen molar-refractivity contribution in [2.75, 3.05) is 0 Å². The zero-order valence-electron chi connectivity index (χ0n) is 10.9. The van der Waals surface area contributed by atoms with Gasteiger partial charge in [0.25, 0.3) is 0 Å². The molecule has 1 nitrogen and oxygen atoms in total. The summed E-state index contributed by atoms with van der Waals surface area (Å²) in [6, 6.07) is 2.20. The SMILES string of the molecule is C=CCc1cc(CC(=O)CCC)sc1CCC. The van der Waals surface area contributed by atoms with Gasteiger partial charge in [0.1, 0.15) is 5.78 Å². The van der Waals surface area contributed by atoms with Crippen LogP contribution in [0.2, 0.25) is 0 Å². The molecule has 1 heterocycles. The normalized spacial score (nSPS) is 10.5. The minimum Gasteiger partial charge on any atom is -0.299 e. The Morgan fingerprint density at radius 2 is 2.18 bits per heavy atom. The summed E-state index contributed by atoms with van der Waals surface area (Å²) in [5, 5.41) is 0. The predicted octanol–water partition coefficient (Wildman–Crippen LogP) is 4.34. The van der Waals surface area contributed by atoms with Crippen molar-refractivity contribution < 1.29 is 4.79 Å². The number of thiophene rings is 1. The van der Waals surface area contributed by atoms with Gasteiger partial charge in [-0.05, 0) is 30.9 Å². The minimum atomic E-state index is 0.363. The summed E-state index contributed by atoms with van der Waals surface area (Å²) in [7, 11) is 0. The third-order valence-electron chi connectivity index (χ3n) is 2.69. The Labute approximate surface area is 109 Å². The zero-order chi connectivity index (χ0) is 12.7. The second-order valence-corrected chi connectivity index (χ2v) is 5.59. The van der Waals surface area contributed by atoms with E-state index in [-0.39, 0.29) is 0 Å². The first-order valence-electron chi connectivity index (χ1n) is 6.44. The number of hydrogen-bond acceptors (Lipinski definition) is 2. The number of ketones is 1. The Morgan fingerprint density at radius 3 is 2.76 bits per heavy atom. The first-order valence-corrected chi connectivity index (χ1v) is 7.25. The Balaban J connectivity index is 2.75. The lowest BCUT2D eigenvalue weighted by Crippen LogP contribution is -1.99. The number of carbonyl (C=O) groups is 1. The topological polar surface area (TPSA) is 17.1 Å². The zero-order valence-corrected chi connectivity index (χ0v) is 11.7. The highest BCUT2D eigenvalue weighted by Crippen LogP contribution is 2.25. The molecule has 0 aromatic carbocycles. The van der Waals surface area contributed by atoms with Crippen molar-refractivity contribution in [3.63, 3.8) is 0 Å². The molecule has 0 aliphatic carbocycles. The highest BCUT2D eigenvalue weighted by molar-refractivity contribution is 7.12. The highest BCUT2D eigenvalue weighted by atomic mass is 32.1. The summed E-state index contributed by atoms with van der Waals surface area (Å²) in [6.07, 6.45) is 7.42. The molecule has 0 unspecified atom stereocenters. The van der Waals surface area contributed by atoms with E-state index < -0.39 is 0 Å². The van der Waals surface area contributed by atoms with E-state index in [2.05, 4.69) is 26.5 Å².